The number of nitrogen functional groups attached to an aromatic ring is 1. The smallest absolute Gasteiger partial charge is 0.268 e. The van der Waals surface area contributed by atoms with E-state index in [0.717, 1.165) is 24.6 Å². The van der Waals surface area contributed by atoms with E-state index in [1.54, 1.807) is 0 Å². The van der Waals surface area contributed by atoms with Crippen LogP contribution in [0.3, 0.4) is 0 Å². The Kier molecular flexibility index (Phi) is 6.22. The summed E-state index contributed by atoms with van der Waals surface area (Å²) in [5.41, 5.74) is 5.26. The molecule has 11 heteroatoms. The lowest BCUT2D eigenvalue weighted by molar-refractivity contribution is 0.0981. The molecule has 3 aromatic rings. The monoisotopic (exact) mass is 501 g/mol. The van der Waals surface area contributed by atoms with Gasteiger partial charge in [-0.3, -0.25) is 4.79 Å². The molecule has 1 aliphatic rings. The van der Waals surface area contributed by atoms with E-state index >= 15 is 0 Å². The number of nitrogens with two attached hydrogens (primary N) is 1. The molecular weight excluding hydrogens is 476 g/mol. The molecule has 0 bridgehead atoms. The molecule has 0 spiro atoms. The van der Waals surface area contributed by atoms with Crippen LogP contribution in [0.5, 0.6) is 0 Å². The van der Waals surface area contributed by atoms with Gasteiger partial charge >= 0.3 is 0 Å². The number of nitrogens with one attached hydrogen (secondary N) is 1. The number of pyridine rings is 2. The first-order valence-electron chi connectivity index (χ1n) is 10.9. The molecule has 35 heavy (non-hydrogen) atoms. The predicted molar refractivity (Wildman–Crippen MR) is 128 cm³/mol. The maximum atomic E-state index is 14.5. The largest absolute Gasteiger partial charge is 0.383 e. The minimum Gasteiger partial charge on any atom is -0.383 e. The van der Waals surface area contributed by atoms with E-state index in [-0.39, 0.29) is 39.3 Å². The topological polar surface area (TPSA) is 118 Å². The number of hydrogen-bond donors (Lipinski definition) is 2. The minimum absolute atomic E-state index is 0.0289. The van der Waals surface area contributed by atoms with Gasteiger partial charge in [0.1, 0.15) is 28.2 Å². The van der Waals surface area contributed by atoms with Gasteiger partial charge in [0, 0.05) is 23.8 Å². The van der Waals surface area contributed by atoms with Crippen molar-refractivity contribution in [3.8, 4) is 11.3 Å². The Morgan fingerprint density at radius 1 is 1.20 bits per heavy atom. The summed E-state index contributed by atoms with van der Waals surface area (Å²) in [4.78, 5) is 23.1. The zero-order chi connectivity index (χ0) is 25.5. The molecule has 1 aliphatic heterocycles. The number of carbonyl (C=O) groups excluding carboxylic acids is 1. The number of sulfonamides is 1. The van der Waals surface area contributed by atoms with Gasteiger partial charge in [-0.05, 0) is 68.7 Å². The molecule has 1 atom stereocenters. The SMILES string of the molecule is CC1CCN(c2nc(-c3cc(F)ccc3F)ccc2C(=O)NS(=O)(=O)c2cccnc2N)C1(C)C. The van der Waals surface area contributed by atoms with E-state index in [0.29, 0.717) is 6.54 Å². The number of nitrogens with zero attached hydrogens (tertiary/aromatic N) is 3. The molecule has 1 amide bonds. The van der Waals surface area contributed by atoms with Gasteiger partial charge in [0.05, 0.1) is 11.3 Å². The van der Waals surface area contributed by atoms with E-state index in [2.05, 4.69) is 16.9 Å². The van der Waals surface area contributed by atoms with E-state index in [1.165, 1.54) is 30.5 Å². The standard InChI is InChI=1S/C24H25F2N5O3S/c1-14-10-12-31(24(14,2)3)22-16(7-9-19(29-22)17-13-15(25)6-8-18(17)26)23(32)30-35(33,34)20-5-4-11-28-21(20)27/h4-9,11,13-14H,10,12H2,1-3H3,(H2,27,28)(H,30,32). The van der Waals surface area contributed by atoms with Crippen molar-refractivity contribution in [2.45, 2.75) is 37.6 Å². The molecule has 1 saturated heterocycles. The molecule has 184 valence electrons. The first-order chi connectivity index (χ1) is 16.4. The summed E-state index contributed by atoms with van der Waals surface area (Å²) in [6.45, 7) is 6.57. The predicted octanol–water partition coefficient (Wildman–Crippen LogP) is 3.75. The summed E-state index contributed by atoms with van der Waals surface area (Å²) in [5.74, 6) is -2.09. The molecule has 8 nitrogen and oxygen atoms in total. The lowest BCUT2D eigenvalue weighted by Crippen LogP contribution is -2.43. The van der Waals surface area contributed by atoms with Crippen LogP contribution >= 0.6 is 0 Å². The third-order valence-corrected chi connectivity index (χ3v) is 7.96. The van der Waals surface area contributed by atoms with Gasteiger partial charge in [-0.2, -0.15) is 0 Å². The summed E-state index contributed by atoms with van der Waals surface area (Å²) < 4.78 is 56.0. The van der Waals surface area contributed by atoms with Crippen molar-refractivity contribution in [2.24, 2.45) is 5.92 Å². The van der Waals surface area contributed by atoms with Crippen molar-refractivity contribution >= 4 is 27.6 Å². The number of carbonyl (C=O) groups is 1. The summed E-state index contributed by atoms with van der Waals surface area (Å²) in [7, 11) is -4.34. The number of amides is 1. The second kappa shape index (κ2) is 8.88. The maximum absolute atomic E-state index is 14.5. The van der Waals surface area contributed by atoms with Crippen molar-refractivity contribution in [3.63, 3.8) is 0 Å². The first-order valence-corrected chi connectivity index (χ1v) is 12.4. The Hall–Kier alpha value is -3.60. The molecule has 3 N–H and O–H groups in total. The number of rotatable bonds is 5. The number of anilines is 2. The quantitative estimate of drug-likeness (QED) is 0.547. The molecule has 4 rings (SSSR count). The van der Waals surface area contributed by atoms with Crippen LogP contribution in [0, 0.1) is 17.6 Å². The summed E-state index contributed by atoms with van der Waals surface area (Å²) in [6.07, 6.45) is 2.14. The minimum atomic E-state index is -4.34. The summed E-state index contributed by atoms with van der Waals surface area (Å²) in [6, 6.07) is 8.36. The molecule has 0 saturated carbocycles. The van der Waals surface area contributed by atoms with E-state index < -0.39 is 33.1 Å². The lowest BCUT2D eigenvalue weighted by Gasteiger charge is -2.36. The number of benzene rings is 1. The first kappa shape index (κ1) is 24.5. The zero-order valence-electron chi connectivity index (χ0n) is 19.4. The van der Waals surface area contributed by atoms with E-state index in [9.17, 15) is 22.0 Å². The summed E-state index contributed by atoms with van der Waals surface area (Å²) in [5, 5.41) is 0. The van der Waals surface area contributed by atoms with Crippen molar-refractivity contribution in [1.82, 2.24) is 14.7 Å². The molecule has 0 radical (unpaired) electrons. The molecule has 0 aliphatic carbocycles. The van der Waals surface area contributed by atoms with Crippen molar-refractivity contribution in [1.29, 1.82) is 0 Å². The Balaban J connectivity index is 1.81. The third kappa shape index (κ3) is 4.55. The lowest BCUT2D eigenvalue weighted by atomic mass is 9.90. The Bertz CT molecular complexity index is 1410. The van der Waals surface area contributed by atoms with Gasteiger partial charge in [-0.1, -0.05) is 6.92 Å². The average molecular weight is 502 g/mol. The van der Waals surface area contributed by atoms with Gasteiger partial charge in [0.15, 0.2) is 0 Å². The second-order valence-electron chi connectivity index (χ2n) is 9.01. The van der Waals surface area contributed by atoms with Gasteiger partial charge in [-0.25, -0.2) is 31.9 Å². The average Bonchev–Trinajstić information content (AvgIpc) is 3.07. The highest BCUT2D eigenvalue weighted by Crippen LogP contribution is 2.39. The highest BCUT2D eigenvalue weighted by Gasteiger charge is 2.41. The molecular formula is C24H25F2N5O3S. The highest BCUT2D eigenvalue weighted by atomic mass is 32.2. The van der Waals surface area contributed by atoms with Crippen LogP contribution in [-0.4, -0.2) is 36.4 Å². The fraction of sp³-hybridized carbons (Fsp3) is 0.292. The van der Waals surface area contributed by atoms with Gasteiger partial charge in [-0.15, -0.1) is 0 Å². The fourth-order valence-electron chi connectivity index (χ4n) is 4.15. The summed E-state index contributed by atoms with van der Waals surface area (Å²) >= 11 is 0. The number of hydrogen-bond acceptors (Lipinski definition) is 7. The maximum Gasteiger partial charge on any atom is 0.268 e. The van der Waals surface area contributed by atoms with Gasteiger partial charge in [0.2, 0.25) is 0 Å². The fourth-order valence-corrected chi connectivity index (χ4v) is 5.20. The molecule has 2 aromatic heterocycles. The van der Waals surface area contributed by atoms with E-state index in [1.807, 2.05) is 23.5 Å². The van der Waals surface area contributed by atoms with Crippen molar-refractivity contribution in [3.05, 3.63) is 65.9 Å². The molecule has 1 unspecified atom stereocenters. The van der Waals surface area contributed by atoms with Crippen LogP contribution in [0.1, 0.15) is 37.6 Å². The van der Waals surface area contributed by atoms with Crippen LogP contribution in [0.2, 0.25) is 0 Å². The van der Waals surface area contributed by atoms with Crippen LogP contribution in [0.4, 0.5) is 20.4 Å². The molecule has 1 aromatic carbocycles. The van der Waals surface area contributed by atoms with Crippen LogP contribution in [0.25, 0.3) is 11.3 Å². The zero-order valence-corrected chi connectivity index (χ0v) is 20.2. The van der Waals surface area contributed by atoms with Crippen LogP contribution in [-0.2, 0) is 10.0 Å². The molecule has 1 fully saturated rings. The Morgan fingerprint density at radius 2 is 1.94 bits per heavy atom. The highest BCUT2D eigenvalue weighted by molar-refractivity contribution is 7.90. The van der Waals surface area contributed by atoms with Crippen molar-refractivity contribution < 1.29 is 22.0 Å². The third-order valence-electron chi connectivity index (χ3n) is 6.58. The normalized spacial score (nSPS) is 17.4. The number of aromatic nitrogens is 2. The van der Waals surface area contributed by atoms with Gasteiger partial charge < -0.3 is 10.6 Å². The molecule has 3 heterocycles. The second-order valence-corrected chi connectivity index (χ2v) is 10.7. The Morgan fingerprint density at radius 3 is 2.60 bits per heavy atom. The van der Waals surface area contributed by atoms with Crippen LogP contribution < -0.4 is 15.4 Å². The number of halogens is 2. The van der Waals surface area contributed by atoms with E-state index in [4.69, 9.17) is 5.73 Å². The van der Waals surface area contributed by atoms with Crippen molar-refractivity contribution in [2.75, 3.05) is 17.2 Å². The van der Waals surface area contributed by atoms with Crippen LogP contribution in [0.15, 0.2) is 53.6 Å². The van der Waals surface area contributed by atoms with Gasteiger partial charge in [0.25, 0.3) is 15.9 Å². The Labute approximate surface area is 202 Å².